The zero-order valence-electron chi connectivity index (χ0n) is 17.5. The first kappa shape index (κ1) is 23.9. The second-order valence-corrected chi connectivity index (χ2v) is 7.46. The number of thioether (sulfide) groups is 1. The highest BCUT2D eigenvalue weighted by Crippen LogP contribution is 2.34. The molecule has 2 aromatic carbocycles. The van der Waals surface area contributed by atoms with Gasteiger partial charge in [-0.3, -0.25) is 0 Å². The summed E-state index contributed by atoms with van der Waals surface area (Å²) in [7, 11) is 2.43. The molecule has 32 heavy (non-hydrogen) atoms. The Balaban J connectivity index is 1.98. The average molecular weight is 472 g/mol. The summed E-state index contributed by atoms with van der Waals surface area (Å²) < 4.78 is 73.0. The highest BCUT2D eigenvalue weighted by Gasteiger charge is 2.26. The number of rotatable bonds is 9. The number of ether oxygens (including phenoxy) is 3. The van der Waals surface area contributed by atoms with E-state index >= 15 is 0 Å². The Kier molecular flexibility index (Phi) is 7.62. The number of hydrogen-bond donors (Lipinski definition) is 0. The van der Waals surface area contributed by atoms with Gasteiger partial charge in [-0.15, -0.1) is 0 Å². The number of carbonyl (C=O) groups excluding carboxylic acids is 1. The topological polar surface area (TPSA) is 62.6 Å². The lowest BCUT2D eigenvalue weighted by atomic mass is 10.2. The zero-order valence-corrected chi connectivity index (χ0v) is 18.3. The third-order valence-electron chi connectivity index (χ3n) is 4.61. The van der Waals surface area contributed by atoms with Crippen molar-refractivity contribution >= 4 is 28.8 Å². The van der Waals surface area contributed by atoms with Gasteiger partial charge in [0.2, 0.25) is 11.6 Å². The van der Waals surface area contributed by atoms with Gasteiger partial charge in [-0.2, -0.15) is 8.78 Å². The van der Waals surface area contributed by atoms with Crippen LogP contribution >= 0.6 is 11.8 Å². The molecule has 1 aromatic heterocycles. The molecule has 1 heterocycles. The second kappa shape index (κ2) is 10.2. The van der Waals surface area contributed by atoms with Crippen LogP contribution in [0.1, 0.15) is 22.8 Å². The van der Waals surface area contributed by atoms with Crippen molar-refractivity contribution in [1.82, 2.24) is 9.55 Å². The summed E-state index contributed by atoms with van der Waals surface area (Å²) in [6.07, 6.45) is 0. The minimum Gasteiger partial charge on any atom is -0.491 e. The molecule has 0 saturated heterocycles. The molecule has 0 radical (unpaired) electrons. The zero-order chi connectivity index (χ0) is 23.4. The van der Waals surface area contributed by atoms with Crippen molar-refractivity contribution in [2.45, 2.75) is 24.4 Å². The molecule has 3 aromatic rings. The van der Waals surface area contributed by atoms with Crippen LogP contribution in [-0.2, 0) is 21.8 Å². The number of aromatic nitrogens is 2. The Morgan fingerprint density at radius 3 is 2.38 bits per heavy atom. The molecule has 0 aliphatic heterocycles. The molecule has 0 bridgehead atoms. The van der Waals surface area contributed by atoms with Gasteiger partial charge in [0.25, 0.3) is 0 Å². The van der Waals surface area contributed by atoms with Crippen LogP contribution in [0.15, 0.2) is 23.4 Å². The van der Waals surface area contributed by atoms with Gasteiger partial charge < -0.3 is 18.8 Å². The monoisotopic (exact) mass is 472 g/mol. The molecule has 6 nitrogen and oxygen atoms in total. The quantitative estimate of drug-likeness (QED) is 0.194. The molecule has 3 rings (SSSR count). The Labute approximate surface area is 185 Å². The predicted octanol–water partition coefficient (Wildman–Crippen LogP) is 4.72. The minimum absolute atomic E-state index is 0.215. The van der Waals surface area contributed by atoms with Crippen LogP contribution in [0.25, 0.3) is 11.0 Å². The van der Waals surface area contributed by atoms with Crippen molar-refractivity contribution in [2.75, 3.05) is 27.4 Å². The number of imidazole rings is 1. The van der Waals surface area contributed by atoms with Gasteiger partial charge in [0, 0.05) is 25.0 Å². The SMILES string of the molecule is CCOC(=O)c1ccc2c(c1)nc(SCc1c(F)c(F)c(OC)c(F)c1F)n2CCOC. The lowest BCUT2D eigenvalue weighted by Gasteiger charge is -2.12. The van der Waals surface area contributed by atoms with Gasteiger partial charge in [0.05, 0.1) is 36.9 Å². The van der Waals surface area contributed by atoms with E-state index in [9.17, 15) is 22.4 Å². The molecule has 0 atom stereocenters. The molecule has 0 fully saturated rings. The van der Waals surface area contributed by atoms with Crippen LogP contribution < -0.4 is 4.74 Å². The molecule has 0 N–H and O–H groups in total. The fourth-order valence-electron chi connectivity index (χ4n) is 3.06. The number of esters is 1. The number of methoxy groups -OCH3 is 2. The second-order valence-electron chi connectivity index (χ2n) is 6.52. The molecule has 0 amide bonds. The van der Waals surface area contributed by atoms with E-state index in [1.54, 1.807) is 23.6 Å². The average Bonchev–Trinajstić information content (AvgIpc) is 3.13. The van der Waals surface area contributed by atoms with E-state index in [1.807, 2.05) is 0 Å². The number of benzene rings is 2. The largest absolute Gasteiger partial charge is 0.491 e. The first-order valence-electron chi connectivity index (χ1n) is 9.51. The van der Waals surface area contributed by atoms with Gasteiger partial charge >= 0.3 is 5.97 Å². The summed E-state index contributed by atoms with van der Waals surface area (Å²) in [6.45, 7) is 2.57. The Morgan fingerprint density at radius 2 is 1.78 bits per heavy atom. The summed E-state index contributed by atoms with van der Waals surface area (Å²) >= 11 is 0.886. The number of carbonyl (C=O) groups is 1. The highest BCUT2D eigenvalue weighted by molar-refractivity contribution is 7.98. The van der Waals surface area contributed by atoms with Gasteiger partial charge in [0.15, 0.2) is 22.5 Å². The molecule has 11 heteroatoms. The normalized spacial score (nSPS) is 11.2. The van der Waals surface area contributed by atoms with Crippen LogP contribution in [0, 0.1) is 23.3 Å². The first-order valence-corrected chi connectivity index (χ1v) is 10.5. The summed E-state index contributed by atoms with van der Waals surface area (Å²) in [5, 5.41) is 0.327. The van der Waals surface area contributed by atoms with Gasteiger partial charge in [-0.05, 0) is 25.1 Å². The molecule has 0 spiro atoms. The van der Waals surface area contributed by atoms with Crippen molar-refractivity contribution in [1.29, 1.82) is 0 Å². The highest BCUT2D eigenvalue weighted by atomic mass is 32.2. The summed E-state index contributed by atoms with van der Waals surface area (Å²) in [5.41, 5.74) is 0.611. The smallest absolute Gasteiger partial charge is 0.338 e. The van der Waals surface area contributed by atoms with Crippen molar-refractivity contribution in [3.05, 3.63) is 52.6 Å². The maximum absolute atomic E-state index is 14.3. The van der Waals surface area contributed by atoms with Crippen LogP contribution in [0.4, 0.5) is 17.6 Å². The van der Waals surface area contributed by atoms with Crippen molar-refractivity contribution < 1.29 is 36.6 Å². The van der Waals surface area contributed by atoms with Crippen molar-refractivity contribution in [2.24, 2.45) is 0 Å². The number of nitrogens with zero attached hydrogens (tertiary/aromatic N) is 2. The van der Waals surface area contributed by atoms with Gasteiger partial charge in [-0.25, -0.2) is 18.6 Å². The maximum Gasteiger partial charge on any atom is 0.338 e. The van der Waals surface area contributed by atoms with Crippen LogP contribution in [0.3, 0.4) is 0 Å². The summed E-state index contributed by atoms with van der Waals surface area (Å²) in [6, 6.07) is 4.78. The molecule has 0 aliphatic carbocycles. The molecule has 0 unspecified atom stereocenters. The Morgan fingerprint density at radius 1 is 1.09 bits per heavy atom. The fourth-order valence-corrected chi connectivity index (χ4v) is 4.09. The maximum atomic E-state index is 14.3. The van der Waals surface area contributed by atoms with Crippen molar-refractivity contribution in [3.63, 3.8) is 0 Å². The minimum atomic E-state index is -1.60. The van der Waals surface area contributed by atoms with E-state index in [0.717, 1.165) is 18.9 Å². The third kappa shape index (κ3) is 4.53. The number of hydrogen-bond acceptors (Lipinski definition) is 6. The van der Waals surface area contributed by atoms with Crippen LogP contribution in [-0.4, -0.2) is 43.0 Å². The molecule has 0 saturated carbocycles. The lowest BCUT2D eigenvalue weighted by molar-refractivity contribution is 0.0526. The Hall–Kier alpha value is -2.79. The van der Waals surface area contributed by atoms with E-state index in [1.165, 1.54) is 13.2 Å². The predicted molar refractivity (Wildman–Crippen MR) is 110 cm³/mol. The van der Waals surface area contributed by atoms with E-state index in [-0.39, 0.29) is 6.61 Å². The molecular formula is C21H20F4N2O4S. The van der Waals surface area contributed by atoms with E-state index in [4.69, 9.17) is 9.47 Å². The fraction of sp³-hybridized carbons (Fsp3) is 0.333. The van der Waals surface area contributed by atoms with Crippen LogP contribution in [0.5, 0.6) is 5.75 Å². The Bertz CT molecular complexity index is 1120. The van der Waals surface area contributed by atoms with Gasteiger partial charge in [0.1, 0.15) is 0 Å². The molecule has 172 valence electrons. The molecular weight excluding hydrogens is 452 g/mol. The first-order chi connectivity index (χ1) is 15.3. The van der Waals surface area contributed by atoms with E-state index in [0.29, 0.717) is 34.9 Å². The number of fused-ring (bicyclic) bond motifs is 1. The third-order valence-corrected chi connectivity index (χ3v) is 5.61. The number of halogens is 4. The van der Waals surface area contributed by atoms with Crippen molar-refractivity contribution in [3.8, 4) is 5.75 Å². The lowest BCUT2D eigenvalue weighted by Crippen LogP contribution is -2.08. The summed E-state index contributed by atoms with van der Waals surface area (Å²) in [5.74, 6) is -8.33. The van der Waals surface area contributed by atoms with E-state index in [2.05, 4.69) is 9.72 Å². The molecule has 0 aliphatic rings. The summed E-state index contributed by atoms with van der Waals surface area (Å²) in [4.78, 5) is 16.4. The van der Waals surface area contributed by atoms with E-state index < -0.39 is 46.3 Å². The van der Waals surface area contributed by atoms with Gasteiger partial charge in [-0.1, -0.05) is 11.8 Å². The standard InChI is InChI=1S/C21H20F4N2O4S/c1-4-31-20(28)11-5-6-14-13(9-11)26-21(27(14)7-8-29-2)32-10-12-15(22)17(24)19(30-3)18(25)16(12)23/h5-6,9H,4,7-8,10H2,1-3H3. The van der Waals surface area contributed by atoms with Crippen LogP contribution in [0.2, 0.25) is 0 Å².